The molecule has 0 fully saturated rings. The molecule has 0 saturated heterocycles. The number of cyclic esters (lactones) is 1. The smallest absolute Gasteiger partial charge is 0.347 e. The van der Waals surface area contributed by atoms with Gasteiger partial charge in [0.1, 0.15) is 21.7 Å². The van der Waals surface area contributed by atoms with Crippen molar-refractivity contribution in [2.75, 3.05) is 7.11 Å². The molecular weight excluding hydrogens is 350 g/mol. The molecule has 3 heterocycles. The molecule has 130 valence electrons. The van der Waals surface area contributed by atoms with Crippen molar-refractivity contribution in [1.29, 1.82) is 0 Å². The van der Waals surface area contributed by atoms with Crippen LogP contribution in [0.2, 0.25) is 0 Å². The lowest BCUT2D eigenvalue weighted by Crippen LogP contribution is -1.97. The van der Waals surface area contributed by atoms with Gasteiger partial charge in [-0.2, -0.15) is 5.10 Å². The number of nitrogens with zero attached hydrogens (tertiary/aromatic N) is 1. The minimum atomic E-state index is -0.443. The van der Waals surface area contributed by atoms with Gasteiger partial charge >= 0.3 is 5.97 Å². The number of pyridine rings is 1. The number of esters is 1. The molecule has 4 rings (SSSR count). The van der Waals surface area contributed by atoms with Crippen molar-refractivity contribution in [3.63, 3.8) is 0 Å². The molecule has 6 nitrogen and oxygen atoms in total. The fraction of sp³-hybridized carbons (Fsp3) is 0.105. The van der Waals surface area contributed by atoms with Gasteiger partial charge in [-0.05, 0) is 43.3 Å². The van der Waals surface area contributed by atoms with E-state index in [4.69, 9.17) is 21.7 Å². The predicted octanol–water partition coefficient (Wildman–Crippen LogP) is 4.12. The van der Waals surface area contributed by atoms with Gasteiger partial charge in [0.15, 0.2) is 0 Å². The lowest BCUT2D eigenvalue weighted by molar-refractivity contribution is 0.0716. The van der Waals surface area contributed by atoms with Crippen LogP contribution in [0.1, 0.15) is 27.2 Å². The Balaban J connectivity index is 1.79. The first-order valence-electron chi connectivity index (χ1n) is 7.93. The lowest BCUT2D eigenvalue weighted by Gasteiger charge is -2.04. The molecular formula is C19H15N3O3S. The van der Waals surface area contributed by atoms with E-state index in [1.807, 2.05) is 37.3 Å². The Morgan fingerprint density at radius 1 is 1.27 bits per heavy atom. The molecule has 26 heavy (non-hydrogen) atoms. The van der Waals surface area contributed by atoms with E-state index < -0.39 is 5.97 Å². The van der Waals surface area contributed by atoms with Gasteiger partial charge in [0.2, 0.25) is 0 Å². The number of benzene rings is 1. The second-order valence-corrected chi connectivity index (χ2v) is 6.31. The van der Waals surface area contributed by atoms with E-state index in [0.29, 0.717) is 21.5 Å². The number of fused-ring (bicyclic) bond motifs is 1. The average Bonchev–Trinajstić information content (AvgIpc) is 3.20. The predicted molar refractivity (Wildman–Crippen MR) is 100 cm³/mol. The summed E-state index contributed by atoms with van der Waals surface area (Å²) in [4.78, 5) is 15.2. The van der Waals surface area contributed by atoms with Crippen molar-refractivity contribution in [3.05, 3.63) is 63.6 Å². The monoisotopic (exact) mass is 365 g/mol. The number of H-pyrrole nitrogens is 2. The number of aromatic nitrogens is 3. The maximum Gasteiger partial charge on any atom is 0.347 e. The topological polar surface area (TPSA) is 80.0 Å². The van der Waals surface area contributed by atoms with Crippen molar-refractivity contribution in [2.45, 2.75) is 6.92 Å². The van der Waals surface area contributed by atoms with E-state index in [9.17, 15) is 4.79 Å². The van der Waals surface area contributed by atoms with Crippen LogP contribution in [0.25, 0.3) is 23.1 Å². The number of hydrogen-bond donors (Lipinski definition) is 2. The highest BCUT2D eigenvalue weighted by atomic mass is 32.1. The van der Waals surface area contributed by atoms with E-state index in [2.05, 4.69) is 15.2 Å². The van der Waals surface area contributed by atoms with Crippen molar-refractivity contribution >= 4 is 30.0 Å². The number of carbonyl (C=O) groups is 1. The molecule has 0 bridgehead atoms. The molecule has 2 N–H and O–H groups in total. The van der Waals surface area contributed by atoms with Crippen LogP contribution in [-0.4, -0.2) is 28.3 Å². The van der Waals surface area contributed by atoms with Gasteiger partial charge in [0.05, 0.1) is 19.0 Å². The molecule has 1 aliphatic heterocycles. The molecule has 0 spiro atoms. The Bertz CT molecular complexity index is 1090. The van der Waals surface area contributed by atoms with Gasteiger partial charge in [0, 0.05) is 22.4 Å². The summed E-state index contributed by atoms with van der Waals surface area (Å²) in [5, 5.41) is 7.11. The standard InChI is InChI=1S/C19H15N3O3S/c1-10-7-14-15(25-19(23)16(14)18(26)21-10)8-12-9-20-22-17(12)11-3-5-13(24-2)6-4-11/h3-9H,1-2H3,(H,20,22)(H,21,26). The molecule has 3 aromatic rings. The molecule has 2 aromatic heterocycles. The fourth-order valence-electron chi connectivity index (χ4n) is 2.93. The second kappa shape index (κ2) is 6.27. The number of rotatable bonds is 3. The van der Waals surface area contributed by atoms with Crippen LogP contribution in [0.4, 0.5) is 0 Å². The van der Waals surface area contributed by atoms with Crippen LogP contribution in [0.5, 0.6) is 5.75 Å². The Kier molecular flexibility index (Phi) is 3.93. The molecule has 0 amide bonds. The number of methoxy groups -OCH3 is 1. The number of hydrogen-bond acceptors (Lipinski definition) is 5. The third-order valence-corrected chi connectivity index (χ3v) is 4.48. The van der Waals surface area contributed by atoms with Crippen molar-refractivity contribution in [3.8, 4) is 17.0 Å². The zero-order valence-corrected chi connectivity index (χ0v) is 14.9. The van der Waals surface area contributed by atoms with Crippen LogP contribution in [0, 0.1) is 11.6 Å². The molecule has 0 atom stereocenters. The zero-order chi connectivity index (χ0) is 18.3. The molecule has 0 aliphatic carbocycles. The molecule has 0 unspecified atom stereocenters. The minimum absolute atomic E-state index is 0.385. The number of nitrogens with one attached hydrogen (secondary N) is 2. The maximum absolute atomic E-state index is 12.2. The second-order valence-electron chi connectivity index (χ2n) is 5.90. The van der Waals surface area contributed by atoms with E-state index in [-0.39, 0.29) is 0 Å². The zero-order valence-electron chi connectivity index (χ0n) is 14.1. The molecule has 1 aliphatic rings. The van der Waals surface area contributed by atoms with Crippen molar-refractivity contribution < 1.29 is 14.3 Å². The Labute approximate surface area is 154 Å². The highest BCUT2D eigenvalue weighted by Gasteiger charge is 2.28. The summed E-state index contributed by atoms with van der Waals surface area (Å²) < 4.78 is 11.0. The lowest BCUT2D eigenvalue weighted by atomic mass is 10.0. The third-order valence-electron chi connectivity index (χ3n) is 4.17. The van der Waals surface area contributed by atoms with Gasteiger partial charge in [-0.25, -0.2) is 4.79 Å². The van der Waals surface area contributed by atoms with Crippen LogP contribution >= 0.6 is 12.2 Å². The SMILES string of the molecule is COc1ccc(-c2[nH]ncc2C=C2OC(=O)c3c2cc(C)[nH]c3=S)cc1. The quantitative estimate of drug-likeness (QED) is 0.539. The fourth-order valence-corrected chi connectivity index (χ4v) is 3.29. The van der Waals surface area contributed by atoms with E-state index in [1.54, 1.807) is 19.4 Å². The third kappa shape index (κ3) is 2.72. The van der Waals surface area contributed by atoms with Crippen LogP contribution in [0.15, 0.2) is 36.5 Å². The van der Waals surface area contributed by atoms with Crippen LogP contribution < -0.4 is 4.74 Å². The summed E-state index contributed by atoms with van der Waals surface area (Å²) in [6.45, 7) is 1.89. The maximum atomic E-state index is 12.2. The first-order chi connectivity index (χ1) is 12.6. The van der Waals surface area contributed by atoms with Gasteiger partial charge in [-0.3, -0.25) is 5.10 Å². The van der Waals surface area contributed by atoms with Gasteiger partial charge in [0.25, 0.3) is 0 Å². The summed E-state index contributed by atoms with van der Waals surface area (Å²) in [5.41, 5.74) is 4.52. The van der Waals surface area contributed by atoms with E-state index >= 15 is 0 Å². The average molecular weight is 365 g/mol. The van der Waals surface area contributed by atoms with Crippen molar-refractivity contribution in [2.24, 2.45) is 0 Å². The van der Waals surface area contributed by atoms with E-state index in [1.165, 1.54) is 0 Å². The van der Waals surface area contributed by atoms with Gasteiger partial charge in [-0.15, -0.1) is 0 Å². The summed E-state index contributed by atoms with van der Waals surface area (Å²) in [6, 6.07) is 9.48. The summed E-state index contributed by atoms with van der Waals surface area (Å²) in [6.07, 6.45) is 3.48. The van der Waals surface area contributed by atoms with Gasteiger partial charge < -0.3 is 14.5 Å². The van der Waals surface area contributed by atoms with Gasteiger partial charge in [-0.1, -0.05) is 12.2 Å². The Hall–Kier alpha value is -3.19. The highest BCUT2D eigenvalue weighted by Crippen LogP contribution is 2.34. The Morgan fingerprint density at radius 3 is 2.77 bits per heavy atom. The number of aryl methyl sites for hydroxylation is 1. The molecule has 0 saturated carbocycles. The van der Waals surface area contributed by atoms with Crippen molar-refractivity contribution in [1.82, 2.24) is 15.2 Å². The summed E-state index contributed by atoms with van der Waals surface area (Å²) in [5.74, 6) is 0.794. The molecule has 0 radical (unpaired) electrons. The summed E-state index contributed by atoms with van der Waals surface area (Å²) >= 11 is 5.26. The highest BCUT2D eigenvalue weighted by molar-refractivity contribution is 7.71. The summed E-state index contributed by atoms with van der Waals surface area (Å²) in [7, 11) is 1.62. The first-order valence-corrected chi connectivity index (χ1v) is 8.33. The molecule has 1 aromatic carbocycles. The molecule has 7 heteroatoms. The van der Waals surface area contributed by atoms with Crippen LogP contribution in [0.3, 0.4) is 0 Å². The Morgan fingerprint density at radius 2 is 2.04 bits per heavy atom. The normalized spacial score (nSPS) is 14.4. The number of aromatic amines is 2. The number of carbonyl (C=O) groups excluding carboxylic acids is 1. The first kappa shape index (κ1) is 16.3. The van der Waals surface area contributed by atoms with Crippen LogP contribution in [-0.2, 0) is 4.74 Å². The van der Waals surface area contributed by atoms with E-state index in [0.717, 1.165) is 28.3 Å². The largest absolute Gasteiger partial charge is 0.497 e. The minimum Gasteiger partial charge on any atom is -0.497 e. The number of ether oxygens (including phenoxy) is 2.